The average Bonchev–Trinajstić information content (AvgIpc) is 2.72. The molecule has 0 aromatic carbocycles. The maximum absolute atomic E-state index is 11.8. The summed E-state index contributed by atoms with van der Waals surface area (Å²) in [4.78, 5) is 15.5. The van der Waals surface area contributed by atoms with E-state index in [1.165, 1.54) is 4.57 Å². The van der Waals surface area contributed by atoms with Crippen LogP contribution in [0.3, 0.4) is 0 Å². The van der Waals surface area contributed by atoms with E-state index in [0.29, 0.717) is 6.42 Å². The molecule has 1 unspecified atom stereocenters. The van der Waals surface area contributed by atoms with Gasteiger partial charge in [-0.2, -0.15) is 4.98 Å². The highest BCUT2D eigenvalue weighted by molar-refractivity contribution is 5.23. The number of nitrogens with zero attached hydrogens (tertiary/aromatic N) is 2. The molecule has 2 heterocycles. The Morgan fingerprint density at radius 2 is 2.26 bits per heavy atom. The van der Waals surface area contributed by atoms with Crippen LogP contribution in [0.25, 0.3) is 0 Å². The number of anilines is 1. The van der Waals surface area contributed by atoms with E-state index < -0.39 is 5.69 Å². The molecule has 0 amide bonds. The molecular weight excluding hydrogens is 246 g/mol. The summed E-state index contributed by atoms with van der Waals surface area (Å²) in [5.74, 6) is 0.386. The minimum absolute atomic E-state index is 0.00694. The maximum atomic E-state index is 11.8. The van der Waals surface area contributed by atoms with Crippen LogP contribution in [0.2, 0.25) is 0 Å². The zero-order valence-corrected chi connectivity index (χ0v) is 11.5. The molecule has 2 rings (SSSR count). The van der Waals surface area contributed by atoms with Crippen LogP contribution in [0.4, 0.5) is 5.82 Å². The van der Waals surface area contributed by atoms with Crippen LogP contribution in [-0.4, -0.2) is 27.4 Å². The Morgan fingerprint density at radius 1 is 1.58 bits per heavy atom. The first-order valence-electron chi connectivity index (χ1n) is 6.44. The molecule has 0 aliphatic carbocycles. The van der Waals surface area contributed by atoms with Crippen LogP contribution in [0.15, 0.2) is 17.1 Å². The number of hydrogen-bond acceptors (Lipinski definition) is 5. The third-order valence-electron chi connectivity index (χ3n) is 3.69. The van der Waals surface area contributed by atoms with Crippen LogP contribution in [0.5, 0.6) is 0 Å². The predicted molar refractivity (Wildman–Crippen MR) is 71.5 cm³/mol. The molecule has 0 saturated carbocycles. The SMILES string of the molecule is CC(C)(C)[C@@H]1C[C@H](n2ccc(N)nc2=O)OC1CO. The van der Waals surface area contributed by atoms with Crippen LogP contribution >= 0.6 is 0 Å². The molecule has 19 heavy (non-hydrogen) atoms. The van der Waals surface area contributed by atoms with Gasteiger partial charge in [0.1, 0.15) is 12.0 Å². The van der Waals surface area contributed by atoms with Gasteiger partial charge in [0.25, 0.3) is 0 Å². The lowest BCUT2D eigenvalue weighted by Gasteiger charge is -2.29. The zero-order valence-electron chi connectivity index (χ0n) is 11.5. The summed E-state index contributed by atoms with van der Waals surface area (Å²) in [5.41, 5.74) is 5.06. The molecule has 1 aliphatic rings. The fraction of sp³-hybridized carbons (Fsp3) is 0.692. The molecule has 1 aliphatic heterocycles. The standard InChI is InChI=1S/C13H21N3O3/c1-13(2,3)8-6-11(19-9(8)7-17)16-5-4-10(14)15-12(16)18/h4-5,8-9,11,17H,6-7H2,1-3H3,(H2,14,15,18)/t8-,9?,11-/m1/s1. The lowest BCUT2D eigenvalue weighted by molar-refractivity contribution is -0.0420. The third-order valence-corrected chi connectivity index (χ3v) is 3.69. The molecule has 6 nitrogen and oxygen atoms in total. The Balaban J connectivity index is 2.27. The van der Waals surface area contributed by atoms with Crippen molar-refractivity contribution in [1.29, 1.82) is 0 Å². The van der Waals surface area contributed by atoms with E-state index in [-0.39, 0.29) is 36.1 Å². The van der Waals surface area contributed by atoms with Gasteiger partial charge in [0.2, 0.25) is 0 Å². The van der Waals surface area contributed by atoms with Crippen molar-refractivity contribution >= 4 is 5.82 Å². The molecule has 1 aromatic heterocycles. The number of aromatic nitrogens is 2. The van der Waals surface area contributed by atoms with Crippen molar-refractivity contribution in [2.24, 2.45) is 11.3 Å². The monoisotopic (exact) mass is 267 g/mol. The fourth-order valence-corrected chi connectivity index (χ4v) is 2.63. The highest BCUT2D eigenvalue weighted by Crippen LogP contribution is 2.42. The second kappa shape index (κ2) is 4.94. The van der Waals surface area contributed by atoms with E-state index in [0.717, 1.165) is 0 Å². The number of rotatable bonds is 2. The number of aliphatic hydroxyl groups is 1. The molecule has 0 spiro atoms. The lowest BCUT2D eigenvalue weighted by atomic mass is 9.76. The number of nitrogens with two attached hydrogens (primary N) is 1. The fourth-order valence-electron chi connectivity index (χ4n) is 2.63. The number of hydrogen-bond donors (Lipinski definition) is 2. The van der Waals surface area contributed by atoms with Crippen molar-refractivity contribution in [3.05, 3.63) is 22.7 Å². The van der Waals surface area contributed by atoms with E-state index in [1.807, 2.05) is 0 Å². The van der Waals surface area contributed by atoms with Crippen molar-refractivity contribution in [2.75, 3.05) is 12.3 Å². The summed E-state index contributed by atoms with van der Waals surface area (Å²) in [6.07, 6.45) is 1.63. The van der Waals surface area contributed by atoms with E-state index in [1.54, 1.807) is 12.3 Å². The average molecular weight is 267 g/mol. The van der Waals surface area contributed by atoms with Crippen LogP contribution in [-0.2, 0) is 4.74 Å². The van der Waals surface area contributed by atoms with Gasteiger partial charge >= 0.3 is 5.69 Å². The van der Waals surface area contributed by atoms with Crippen molar-refractivity contribution in [2.45, 2.75) is 39.5 Å². The molecule has 3 N–H and O–H groups in total. The highest BCUT2D eigenvalue weighted by Gasteiger charge is 2.42. The van der Waals surface area contributed by atoms with E-state index in [2.05, 4.69) is 25.8 Å². The van der Waals surface area contributed by atoms with Crippen molar-refractivity contribution in [1.82, 2.24) is 9.55 Å². The molecule has 106 valence electrons. The summed E-state index contributed by atoms with van der Waals surface area (Å²) >= 11 is 0. The lowest BCUT2D eigenvalue weighted by Crippen LogP contribution is -2.30. The van der Waals surface area contributed by atoms with Gasteiger partial charge in [0, 0.05) is 6.20 Å². The largest absolute Gasteiger partial charge is 0.394 e. The minimum atomic E-state index is -0.420. The number of aliphatic hydroxyl groups excluding tert-OH is 1. The van der Waals surface area contributed by atoms with E-state index in [4.69, 9.17) is 10.5 Å². The molecule has 6 heteroatoms. The quantitative estimate of drug-likeness (QED) is 0.826. The molecular formula is C13H21N3O3. The maximum Gasteiger partial charge on any atom is 0.351 e. The topological polar surface area (TPSA) is 90.4 Å². The van der Waals surface area contributed by atoms with Gasteiger partial charge in [-0.05, 0) is 23.8 Å². The first kappa shape index (κ1) is 14.0. The Kier molecular flexibility index (Phi) is 3.64. The first-order valence-corrected chi connectivity index (χ1v) is 6.44. The molecule has 1 fully saturated rings. The third kappa shape index (κ3) is 2.79. The summed E-state index contributed by atoms with van der Waals surface area (Å²) in [7, 11) is 0. The Bertz CT molecular complexity index is 507. The summed E-state index contributed by atoms with van der Waals surface area (Å²) in [6.45, 7) is 6.28. The molecule has 0 radical (unpaired) electrons. The molecule has 3 atom stereocenters. The number of ether oxygens (including phenoxy) is 1. The van der Waals surface area contributed by atoms with Gasteiger partial charge in [0.15, 0.2) is 0 Å². The van der Waals surface area contributed by atoms with Crippen LogP contribution in [0.1, 0.15) is 33.4 Å². The predicted octanol–water partition coefficient (Wildman–Crippen LogP) is 0.768. The van der Waals surface area contributed by atoms with Gasteiger partial charge in [-0.15, -0.1) is 0 Å². The molecule has 1 aromatic rings. The Morgan fingerprint density at radius 3 is 2.74 bits per heavy atom. The van der Waals surface area contributed by atoms with Crippen molar-refractivity contribution in [3.8, 4) is 0 Å². The molecule has 0 bridgehead atoms. The number of nitrogen functional groups attached to an aromatic ring is 1. The van der Waals surface area contributed by atoms with Gasteiger partial charge in [-0.25, -0.2) is 4.79 Å². The second-order valence-corrected chi connectivity index (χ2v) is 6.06. The first-order chi connectivity index (χ1) is 8.82. The van der Waals surface area contributed by atoms with Gasteiger partial charge in [0.05, 0.1) is 12.7 Å². The normalized spacial score (nSPS) is 27.7. The van der Waals surface area contributed by atoms with Crippen LogP contribution in [0, 0.1) is 11.3 Å². The zero-order chi connectivity index (χ0) is 14.2. The highest BCUT2D eigenvalue weighted by atomic mass is 16.5. The summed E-state index contributed by atoms with van der Waals surface area (Å²) in [6, 6.07) is 1.57. The second-order valence-electron chi connectivity index (χ2n) is 6.06. The molecule has 1 saturated heterocycles. The van der Waals surface area contributed by atoms with E-state index in [9.17, 15) is 9.90 Å². The smallest absolute Gasteiger partial charge is 0.351 e. The van der Waals surface area contributed by atoms with E-state index >= 15 is 0 Å². The summed E-state index contributed by atoms with van der Waals surface area (Å²) in [5, 5.41) is 9.43. The van der Waals surface area contributed by atoms with Gasteiger partial charge in [-0.3, -0.25) is 4.57 Å². The minimum Gasteiger partial charge on any atom is -0.394 e. The van der Waals surface area contributed by atoms with Gasteiger partial charge < -0.3 is 15.6 Å². The Hall–Kier alpha value is -1.40. The van der Waals surface area contributed by atoms with Gasteiger partial charge in [-0.1, -0.05) is 20.8 Å². The van der Waals surface area contributed by atoms with Crippen molar-refractivity contribution in [3.63, 3.8) is 0 Å². The summed E-state index contributed by atoms with van der Waals surface area (Å²) < 4.78 is 7.22. The van der Waals surface area contributed by atoms with Crippen LogP contribution < -0.4 is 11.4 Å². The van der Waals surface area contributed by atoms with Crippen molar-refractivity contribution < 1.29 is 9.84 Å². The Labute approximate surface area is 112 Å².